The number of hydrogen-bond donors (Lipinski definition) is 0. The lowest BCUT2D eigenvalue weighted by Crippen LogP contribution is -2.48. The quantitative estimate of drug-likeness (QED) is 0.702. The van der Waals surface area contributed by atoms with E-state index in [1.807, 2.05) is 24.3 Å². The number of ether oxygens (including phenoxy) is 1. The maximum absolute atomic E-state index is 13.1. The van der Waals surface area contributed by atoms with Gasteiger partial charge in [0.15, 0.2) is 0 Å². The van der Waals surface area contributed by atoms with Gasteiger partial charge in [0.25, 0.3) is 5.91 Å². The Morgan fingerprint density at radius 2 is 1.83 bits per heavy atom. The number of rotatable bonds is 3. The highest BCUT2D eigenvalue weighted by Crippen LogP contribution is 2.41. The van der Waals surface area contributed by atoms with E-state index in [1.165, 1.54) is 26.4 Å². The van der Waals surface area contributed by atoms with Crippen LogP contribution in [0, 0.1) is 5.92 Å². The fourth-order valence-corrected chi connectivity index (χ4v) is 5.51. The van der Waals surface area contributed by atoms with Gasteiger partial charge in [-0.2, -0.15) is 0 Å². The van der Waals surface area contributed by atoms with Crippen LogP contribution in [0.1, 0.15) is 42.5 Å². The Balaban J connectivity index is 1.87. The Morgan fingerprint density at radius 1 is 1.17 bits per heavy atom. The molecule has 1 saturated carbocycles. The number of carbonyl (C=O) groups is 2. The molecule has 1 aromatic rings. The minimum absolute atomic E-state index is 0.0709. The summed E-state index contributed by atoms with van der Waals surface area (Å²) in [6, 6.07) is 6.85. The third kappa shape index (κ3) is 3.64. The lowest BCUT2D eigenvalue weighted by atomic mass is 9.88. The van der Waals surface area contributed by atoms with Crippen molar-refractivity contribution in [2.75, 3.05) is 12.9 Å². The Hall–Kier alpha value is -1.01. The number of benzene rings is 1. The van der Waals surface area contributed by atoms with Crippen LogP contribution in [0.4, 0.5) is 0 Å². The molecule has 6 heteroatoms. The molecule has 1 aromatic carbocycles. The first-order chi connectivity index (χ1) is 11.6. The number of methoxy groups -OCH3 is 1. The lowest BCUT2D eigenvalue weighted by molar-refractivity contribution is -0.145. The van der Waals surface area contributed by atoms with Crippen LogP contribution in [0.5, 0.6) is 0 Å². The van der Waals surface area contributed by atoms with E-state index in [9.17, 15) is 9.59 Å². The summed E-state index contributed by atoms with van der Waals surface area (Å²) in [5.74, 6) is 0.707. The van der Waals surface area contributed by atoms with Crippen molar-refractivity contribution in [1.29, 1.82) is 0 Å². The summed E-state index contributed by atoms with van der Waals surface area (Å²) >= 11 is 5.13. The molecule has 0 N–H and O–H groups in total. The van der Waals surface area contributed by atoms with E-state index in [4.69, 9.17) is 4.74 Å². The van der Waals surface area contributed by atoms with Crippen LogP contribution in [0.2, 0.25) is 0 Å². The number of hydrogen-bond acceptors (Lipinski definition) is 4. The number of carbonyl (C=O) groups excluding carboxylic acids is 2. The molecule has 2 fully saturated rings. The van der Waals surface area contributed by atoms with Crippen molar-refractivity contribution >= 4 is 39.6 Å². The van der Waals surface area contributed by atoms with Crippen molar-refractivity contribution in [3.05, 3.63) is 34.3 Å². The molecule has 0 bridgehead atoms. The topological polar surface area (TPSA) is 46.6 Å². The Morgan fingerprint density at radius 3 is 2.46 bits per heavy atom. The molecule has 0 radical (unpaired) electrons. The zero-order valence-corrected chi connectivity index (χ0v) is 16.1. The van der Waals surface area contributed by atoms with Gasteiger partial charge in [-0.3, -0.25) is 4.79 Å². The Kier molecular flexibility index (Phi) is 5.87. The Labute approximate surface area is 155 Å². The van der Waals surface area contributed by atoms with Crippen LogP contribution >= 0.6 is 27.7 Å². The minimum Gasteiger partial charge on any atom is -0.467 e. The molecule has 2 aliphatic rings. The molecule has 0 spiro atoms. The molecule has 1 heterocycles. The summed E-state index contributed by atoms with van der Waals surface area (Å²) in [6.45, 7) is 0. The second-order valence-corrected chi connectivity index (χ2v) is 8.45. The van der Waals surface area contributed by atoms with Gasteiger partial charge in [-0.05, 0) is 43.0 Å². The predicted molar refractivity (Wildman–Crippen MR) is 98.9 cm³/mol. The number of halogens is 1. The van der Waals surface area contributed by atoms with Gasteiger partial charge >= 0.3 is 5.97 Å². The minimum atomic E-state index is -0.483. The van der Waals surface area contributed by atoms with Crippen LogP contribution in [0.25, 0.3) is 0 Å². The van der Waals surface area contributed by atoms with Gasteiger partial charge < -0.3 is 9.64 Å². The SMILES string of the molecule is COC(=O)[C@@H]1CS[C@H](C2CCCCC2)N1C(=O)c1ccc(Br)cc1. The molecule has 1 saturated heterocycles. The zero-order chi connectivity index (χ0) is 17.1. The van der Waals surface area contributed by atoms with E-state index in [0.29, 0.717) is 17.2 Å². The molecule has 130 valence electrons. The monoisotopic (exact) mass is 411 g/mol. The third-order valence-corrected chi connectivity index (χ3v) is 6.88. The average Bonchev–Trinajstić information content (AvgIpc) is 3.07. The molecule has 0 aromatic heterocycles. The molecule has 0 unspecified atom stereocenters. The third-order valence-electron chi connectivity index (χ3n) is 4.89. The van der Waals surface area contributed by atoms with Gasteiger partial charge in [0.05, 0.1) is 12.5 Å². The average molecular weight is 412 g/mol. The second-order valence-electron chi connectivity index (χ2n) is 6.38. The number of nitrogens with zero attached hydrogens (tertiary/aromatic N) is 1. The summed E-state index contributed by atoms with van der Waals surface area (Å²) in [7, 11) is 1.39. The van der Waals surface area contributed by atoms with Crippen LogP contribution in [-0.2, 0) is 9.53 Å². The normalized spacial score (nSPS) is 24.8. The van der Waals surface area contributed by atoms with Crippen molar-refractivity contribution in [3.8, 4) is 0 Å². The zero-order valence-electron chi connectivity index (χ0n) is 13.7. The van der Waals surface area contributed by atoms with E-state index in [-0.39, 0.29) is 17.3 Å². The van der Waals surface area contributed by atoms with Crippen LogP contribution in [-0.4, -0.2) is 41.1 Å². The van der Waals surface area contributed by atoms with E-state index < -0.39 is 6.04 Å². The number of thioether (sulfide) groups is 1. The van der Waals surface area contributed by atoms with E-state index in [1.54, 1.807) is 16.7 Å². The first-order valence-corrected chi connectivity index (χ1v) is 10.2. The predicted octanol–water partition coefficient (Wildman–Crippen LogP) is 4.09. The van der Waals surface area contributed by atoms with Crippen molar-refractivity contribution < 1.29 is 14.3 Å². The van der Waals surface area contributed by atoms with Crippen LogP contribution < -0.4 is 0 Å². The summed E-state index contributed by atoms with van der Waals surface area (Å²) in [6.07, 6.45) is 5.97. The number of amides is 1. The van der Waals surface area contributed by atoms with Crippen LogP contribution in [0.15, 0.2) is 28.7 Å². The molecule has 1 amide bonds. The van der Waals surface area contributed by atoms with Gasteiger partial charge in [0.2, 0.25) is 0 Å². The summed E-state index contributed by atoms with van der Waals surface area (Å²) in [5, 5.41) is 0.0746. The highest BCUT2D eigenvalue weighted by Gasteiger charge is 2.45. The van der Waals surface area contributed by atoms with E-state index in [2.05, 4.69) is 15.9 Å². The Bertz CT molecular complexity index is 601. The highest BCUT2D eigenvalue weighted by atomic mass is 79.9. The fourth-order valence-electron chi connectivity index (χ4n) is 3.63. The van der Waals surface area contributed by atoms with Crippen molar-refractivity contribution in [2.24, 2.45) is 5.92 Å². The first-order valence-electron chi connectivity index (χ1n) is 8.39. The standard InChI is InChI=1S/C18H22BrNO3S/c1-23-18(22)15-11-24-17(13-5-3-2-4-6-13)20(15)16(21)12-7-9-14(19)10-8-12/h7-10,13,15,17H,2-6,11H2,1H3/t15-,17+/m0/s1. The van der Waals surface area contributed by atoms with Crippen molar-refractivity contribution in [1.82, 2.24) is 4.90 Å². The van der Waals surface area contributed by atoms with Gasteiger partial charge in [-0.1, -0.05) is 35.2 Å². The van der Waals surface area contributed by atoms with E-state index >= 15 is 0 Å². The van der Waals surface area contributed by atoms with Gasteiger partial charge in [-0.25, -0.2) is 4.79 Å². The molecule has 3 rings (SSSR count). The van der Waals surface area contributed by atoms with Crippen molar-refractivity contribution in [3.63, 3.8) is 0 Å². The number of esters is 1. The first kappa shape index (κ1) is 17.8. The summed E-state index contributed by atoms with van der Waals surface area (Å²) in [4.78, 5) is 27.1. The largest absolute Gasteiger partial charge is 0.467 e. The molecular formula is C18H22BrNO3S. The van der Waals surface area contributed by atoms with Gasteiger partial charge in [0.1, 0.15) is 6.04 Å². The molecule has 2 atom stereocenters. The van der Waals surface area contributed by atoms with Crippen molar-refractivity contribution in [2.45, 2.75) is 43.5 Å². The molecular weight excluding hydrogens is 390 g/mol. The summed E-state index contributed by atoms with van der Waals surface area (Å²) in [5.41, 5.74) is 0.621. The lowest BCUT2D eigenvalue weighted by Gasteiger charge is -2.35. The van der Waals surface area contributed by atoms with Gasteiger partial charge in [0, 0.05) is 15.8 Å². The molecule has 1 aliphatic carbocycles. The van der Waals surface area contributed by atoms with Crippen LogP contribution in [0.3, 0.4) is 0 Å². The second kappa shape index (κ2) is 7.91. The maximum atomic E-state index is 13.1. The molecule has 4 nitrogen and oxygen atoms in total. The maximum Gasteiger partial charge on any atom is 0.329 e. The highest BCUT2D eigenvalue weighted by molar-refractivity contribution is 9.10. The molecule has 24 heavy (non-hydrogen) atoms. The summed E-state index contributed by atoms with van der Waals surface area (Å²) < 4.78 is 5.89. The molecule has 1 aliphatic heterocycles. The smallest absolute Gasteiger partial charge is 0.329 e. The fraction of sp³-hybridized carbons (Fsp3) is 0.556. The van der Waals surface area contributed by atoms with E-state index in [0.717, 1.165) is 17.3 Å². The van der Waals surface area contributed by atoms with Gasteiger partial charge in [-0.15, -0.1) is 11.8 Å².